The largest absolute Gasteiger partial charge is 0.241 e. The highest BCUT2D eigenvalue weighted by Gasteiger charge is 2.15. The summed E-state index contributed by atoms with van der Waals surface area (Å²) in [7, 11) is 1.80. The smallest absolute Gasteiger partial charge is 0.0213 e. The van der Waals surface area contributed by atoms with E-state index in [1.165, 1.54) is 19.4 Å². The molecule has 1 aliphatic heterocycles. The van der Waals surface area contributed by atoms with Crippen LogP contribution in [0, 0.1) is 0 Å². The molecular weight excluding hydrogens is 265 g/mol. The van der Waals surface area contributed by atoms with Crippen molar-refractivity contribution in [1.29, 1.82) is 0 Å². The van der Waals surface area contributed by atoms with E-state index >= 15 is 0 Å². The van der Waals surface area contributed by atoms with Crippen molar-refractivity contribution in [3.05, 3.63) is 0 Å². The summed E-state index contributed by atoms with van der Waals surface area (Å²) in [6.45, 7) is 2.39. The molecule has 1 fully saturated rings. The lowest BCUT2D eigenvalue weighted by atomic mass is 10.2. The zero-order valence-electron chi connectivity index (χ0n) is 5.09. The first-order valence-electron chi connectivity index (χ1n) is 3.04. The molecule has 0 aliphatic carbocycles. The van der Waals surface area contributed by atoms with Crippen molar-refractivity contribution < 1.29 is 0 Å². The molecule has 1 unspecified atom stereocenters. The Balaban J connectivity index is 2.23. The number of thiol groups is 1. The molecule has 0 saturated carbocycles. The maximum atomic E-state index is 4.42. The average molecular weight is 275 g/mol. The maximum Gasteiger partial charge on any atom is 0.0213 e. The number of hydrogen-bond acceptors (Lipinski definition) is 3. The molecule has 1 heterocycles. The average Bonchev–Trinajstić information content (AvgIpc) is 1.88. The Kier molecular flexibility index (Phi) is 4.06. The molecule has 0 bridgehead atoms. The van der Waals surface area contributed by atoms with Gasteiger partial charge in [-0.1, -0.05) is 0 Å². The number of hydrogen-bond donors (Lipinski definition) is 1. The van der Waals surface area contributed by atoms with Crippen LogP contribution in [-0.2, 0) is 0 Å². The summed E-state index contributed by atoms with van der Waals surface area (Å²) in [5.41, 5.74) is 0. The van der Waals surface area contributed by atoms with Gasteiger partial charge in [-0.25, -0.2) is 4.31 Å². The second-order valence-electron chi connectivity index (χ2n) is 2.25. The van der Waals surface area contributed by atoms with Crippen molar-refractivity contribution in [2.75, 3.05) is 13.1 Å². The van der Waals surface area contributed by atoms with Crippen LogP contribution in [0.2, 0.25) is 0 Å². The van der Waals surface area contributed by atoms with Crippen molar-refractivity contribution in [3.63, 3.8) is 0 Å². The van der Waals surface area contributed by atoms with Gasteiger partial charge >= 0.3 is 0 Å². The van der Waals surface area contributed by atoms with Crippen LogP contribution in [0.4, 0.5) is 0 Å². The summed E-state index contributed by atoms with van der Waals surface area (Å²) in [6, 6.07) is 0. The van der Waals surface area contributed by atoms with Gasteiger partial charge in [0, 0.05) is 39.5 Å². The van der Waals surface area contributed by atoms with Gasteiger partial charge in [0.2, 0.25) is 0 Å². The normalized spacial score (nSPS) is 30.7. The van der Waals surface area contributed by atoms with Crippen molar-refractivity contribution in [2.45, 2.75) is 18.1 Å². The minimum Gasteiger partial charge on any atom is -0.241 e. The molecule has 54 valence electrons. The highest BCUT2D eigenvalue weighted by molar-refractivity contribution is 14.2. The lowest BCUT2D eigenvalue weighted by Crippen LogP contribution is -2.29. The van der Waals surface area contributed by atoms with Gasteiger partial charge in [-0.05, 0) is 22.0 Å². The van der Waals surface area contributed by atoms with Crippen molar-refractivity contribution >= 4 is 43.0 Å². The fourth-order valence-corrected chi connectivity index (χ4v) is 2.98. The second kappa shape index (κ2) is 4.31. The Morgan fingerprint density at radius 1 is 1.67 bits per heavy atom. The topological polar surface area (TPSA) is 3.24 Å². The molecule has 1 aliphatic rings. The monoisotopic (exact) mass is 275 g/mol. The van der Waals surface area contributed by atoms with Gasteiger partial charge in [0.05, 0.1) is 0 Å². The van der Waals surface area contributed by atoms with Crippen molar-refractivity contribution in [2.24, 2.45) is 0 Å². The lowest BCUT2D eigenvalue weighted by molar-refractivity contribution is 0.394. The molecule has 0 aromatic heterocycles. The van der Waals surface area contributed by atoms with Gasteiger partial charge in [-0.3, -0.25) is 0 Å². The van der Waals surface area contributed by atoms with Crippen LogP contribution in [0.25, 0.3) is 0 Å². The number of nitrogens with zero attached hydrogens (tertiary/aromatic N) is 1. The molecule has 1 nitrogen and oxygen atoms in total. The third kappa shape index (κ3) is 2.86. The van der Waals surface area contributed by atoms with Crippen LogP contribution in [0.15, 0.2) is 0 Å². The summed E-state index contributed by atoms with van der Waals surface area (Å²) in [6.07, 6.45) is 2.60. The summed E-state index contributed by atoms with van der Waals surface area (Å²) in [5, 5.41) is 0.612. The third-order valence-corrected chi connectivity index (χ3v) is 4.08. The SMILES string of the molecule is SC1CCCN(SI)C1. The summed E-state index contributed by atoms with van der Waals surface area (Å²) in [4.78, 5) is 0. The predicted octanol–water partition coefficient (Wildman–Crippen LogP) is 2.38. The first-order valence-corrected chi connectivity index (χ1v) is 6.88. The van der Waals surface area contributed by atoms with Gasteiger partial charge in [0.15, 0.2) is 0 Å². The Hall–Kier alpha value is 1.39. The maximum absolute atomic E-state index is 4.42. The molecule has 1 rings (SSSR count). The zero-order chi connectivity index (χ0) is 6.69. The van der Waals surface area contributed by atoms with E-state index in [0.29, 0.717) is 5.25 Å². The Morgan fingerprint density at radius 2 is 2.44 bits per heavy atom. The second-order valence-corrected chi connectivity index (χ2v) is 4.82. The number of rotatable bonds is 1. The summed E-state index contributed by atoms with van der Waals surface area (Å²) < 4.78 is 2.36. The third-order valence-electron chi connectivity index (χ3n) is 1.46. The van der Waals surface area contributed by atoms with Crippen LogP contribution in [0.5, 0.6) is 0 Å². The van der Waals surface area contributed by atoms with Gasteiger partial charge < -0.3 is 0 Å². The number of piperidine rings is 1. The molecule has 0 radical (unpaired) electrons. The van der Waals surface area contributed by atoms with Crippen LogP contribution in [0.3, 0.4) is 0 Å². The van der Waals surface area contributed by atoms with E-state index in [2.05, 4.69) is 38.1 Å². The van der Waals surface area contributed by atoms with E-state index in [1.54, 1.807) is 9.12 Å². The predicted molar refractivity (Wildman–Crippen MR) is 55.2 cm³/mol. The Labute approximate surface area is 78.1 Å². The fourth-order valence-electron chi connectivity index (χ4n) is 0.984. The Morgan fingerprint density at radius 3 is 2.89 bits per heavy atom. The van der Waals surface area contributed by atoms with Gasteiger partial charge in [0.1, 0.15) is 0 Å². The molecular formula is C5H10INS2. The zero-order valence-corrected chi connectivity index (χ0v) is 8.95. The first kappa shape index (κ1) is 8.49. The molecule has 0 N–H and O–H groups in total. The minimum atomic E-state index is 0.612. The van der Waals surface area contributed by atoms with Crippen LogP contribution < -0.4 is 0 Å². The fraction of sp³-hybridized carbons (Fsp3) is 1.00. The lowest BCUT2D eigenvalue weighted by Gasteiger charge is -2.26. The van der Waals surface area contributed by atoms with E-state index in [4.69, 9.17) is 0 Å². The van der Waals surface area contributed by atoms with Gasteiger partial charge in [-0.2, -0.15) is 12.6 Å². The molecule has 1 saturated heterocycles. The van der Waals surface area contributed by atoms with Crippen molar-refractivity contribution in [3.8, 4) is 0 Å². The number of halogens is 1. The summed E-state index contributed by atoms with van der Waals surface area (Å²) in [5.74, 6) is 0. The molecule has 4 heteroatoms. The molecule has 0 amide bonds. The molecule has 0 aromatic carbocycles. The molecule has 0 aromatic rings. The van der Waals surface area contributed by atoms with E-state index in [1.807, 2.05) is 0 Å². The van der Waals surface area contributed by atoms with Crippen LogP contribution >= 0.6 is 43.0 Å². The summed E-state index contributed by atoms with van der Waals surface area (Å²) >= 11 is 6.74. The molecule has 1 atom stereocenters. The van der Waals surface area contributed by atoms with E-state index < -0.39 is 0 Å². The highest BCUT2D eigenvalue weighted by atomic mass is 127. The van der Waals surface area contributed by atoms with E-state index in [9.17, 15) is 0 Å². The standard InChI is InChI=1S/C5H10INS2/c6-9-7-3-1-2-5(8)4-7/h5,8H,1-4H2. The Bertz CT molecular complexity index is 91.0. The molecule has 9 heavy (non-hydrogen) atoms. The van der Waals surface area contributed by atoms with Gasteiger partial charge in [-0.15, -0.1) is 0 Å². The van der Waals surface area contributed by atoms with Crippen molar-refractivity contribution in [1.82, 2.24) is 4.31 Å². The molecule has 0 spiro atoms. The highest BCUT2D eigenvalue weighted by Crippen LogP contribution is 2.25. The van der Waals surface area contributed by atoms with E-state index in [-0.39, 0.29) is 0 Å². The van der Waals surface area contributed by atoms with Gasteiger partial charge in [0.25, 0.3) is 0 Å². The van der Waals surface area contributed by atoms with Crippen LogP contribution in [0.1, 0.15) is 12.8 Å². The van der Waals surface area contributed by atoms with E-state index in [0.717, 1.165) is 6.54 Å². The first-order chi connectivity index (χ1) is 4.33. The quantitative estimate of drug-likeness (QED) is 0.444. The minimum absolute atomic E-state index is 0.612. The van der Waals surface area contributed by atoms with Crippen LogP contribution in [-0.4, -0.2) is 22.6 Å².